The van der Waals surface area contributed by atoms with E-state index in [4.69, 9.17) is 0 Å². The highest BCUT2D eigenvalue weighted by atomic mass is 16.1. The molecule has 1 amide bonds. The van der Waals surface area contributed by atoms with E-state index < -0.39 is 0 Å². The van der Waals surface area contributed by atoms with E-state index in [9.17, 15) is 4.79 Å². The topological polar surface area (TPSA) is 41.1 Å². The quantitative estimate of drug-likeness (QED) is 0.800. The summed E-state index contributed by atoms with van der Waals surface area (Å²) in [5.74, 6) is -0.0325. The second kappa shape index (κ2) is 6.36. The van der Waals surface area contributed by atoms with Gasteiger partial charge in [0.25, 0.3) is 0 Å². The molecule has 1 aromatic carbocycles. The minimum absolute atomic E-state index is 0.0325. The van der Waals surface area contributed by atoms with Crippen LogP contribution >= 0.6 is 0 Å². The van der Waals surface area contributed by atoms with Gasteiger partial charge in [-0.1, -0.05) is 24.3 Å². The molecule has 0 aromatic heterocycles. The second-order valence-electron chi connectivity index (χ2n) is 4.74. The van der Waals surface area contributed by atoms with Crippen LogP contribution in [-0.2, 0) is 11.3 Å². The molecule has 3 nitrogen and oxygen atoms in total. The Morgan fingerprint density at radius 2 is 2.06 bits per heavy atom. The van der Waals surface area contributed by atoms with Crippen molar-refractivity contribution in [3.05, 3.63) is 42.0 Å². The first-order valence-corrected chi connectivity index (χ1v) is 6.49. The van der Waals surface area contributed by atoms with Crippen LogP contribution in [0, 0.1) is 0 Å². The third-order valence-electron chi connectivity index (χ3n) is 3.14. The molecule has 0 heterocycles. The summed E-state index contributed by atoms with van der Waals surface area (Å²) >= 11 is 0. The molecule has 0 radical (unpaired) electrons. The zero-order chi connectivity index (χ0) is 12.8. The molecule has 0 bridgehead atoms. The molecule has 0 spiro atoms. The maximum Gasteiger partial charge on any atom is 0.221 e. The van der Waals surface area contributed by atoms with Gasteiger partial charge in [0.1, 0.15) is 0 Å². The average molecular weight is 244 g/mol. The summed E-state index contributed by atoms with van der Waals surface area (Å²) in [4.78, 5) is 10.9. The maximum absolute atomic E-state index is 10.9. The summed E-state index contributed by atoms with van der Waals surface area (Å²) in [6.07, 6.45) is 8.03. The van der Waals surface area contributed by atoms with Crippen LogP contribution in [0.2, 0.25) is 0 Å². The minimum Gasteiger partial charge on any atom is -0.326 e. The highest BCUT2D eigenvalue weighted by Gasteiger charge is 2.08. The monoisotopic (exact) mass is 244 g/mol. The third-order valence-corrected chi connectivity index (χ3v) is 3.14. The summed E-state index contributed by atoms with van der Waals surface area (Å²) < 4.78 is 0. The molecule has 2 N–H and O–H groups in total. The Kier molecular flexibility index (Phi) is 4.53. The lowest BCUT2D eigenvalue weighted by molar-refractivity contribution is -0.114. The van der Waals surface area contributed by atoms with Crippen molar-refractivity contribution in [1.29, 1.82) is 0 Å². The summed E-state index contributed by atoms with van der Waals surface area (Å²) in [5.41, 5.74) is 2.10. The highest BCUT2D eigenvalue weighted by molar-refractivity contribution is 5.88. The van der Waals surface area contributed by atoms with Gasteiger partial charge in [0.15, 0.2) is 0 Å². The molecule has 3 heteroatoms. The van der Waals surface area contributed by atoms with Gasteiger partial charge in [-0.15, -0.1) is 0 Å². The van der Waals surface area contributed by atoms with Crippen LogP contribution in [0.15, 0.2) is 36.4 Å². The van der Waals surface area contributed by atoms with Crippen LogP contribution in [0.25, 0.3) is 0 Å². The number of rotatable bonds is 4. The predicted octanol–water partition coefficient (Wildman–Crippen LogP) is 2.84. The van der Waals surface area contributed by atoms with Gasteiger partial charge >= 0.3 is 0 Å². The molecule has 0 saturated carbocycles. The molecule has 1 aliphatic carbocycles. The number of allylic oxidation sites excluding steroid dienone is 1. The van der Waals surface area contributed by atoms with E-state index in [1.54, 1.807) is 0 Å². The second-order valence-corrected chi connectivity index (χ2v) is 4.74. The zero-order valence-electron chi connectivity index (χ0n) is 10.8. The normalized spacial score (nSPS) is 18.6. The first-order valence-electron chi connectivity index (χ1n) is 6.49. The largest absolute Gasteiger partial charge is 0.326 e. The number of carbonyl (C=O) groups is 1. The van der Waals surface area contributed by atoms with Crippen molar-refractivity contribution in [2.24, 2.45) is 0 Å². The SMILES string of the molecule is CC(=O)Nc1ccc(CNC2CC=CCC2)cc1. The smallest absolute Gasteiger partial charge is 0.221 e. The van der Waals surface area contributed by atoms with Gasteiger partial charge in [-0.2, -0.15) is 0 Å². The Hall–Kier alpha value is -1.61. The Labute approximate surface area is 108 Å². The highest BCUT2D eigenvalue weighted by Crippen LogP contribution is 2.13. The van der Waals surface area contributed by atoms with Crippen LogP contribution in [0.1, 0.15) is 31.7 Å². The van der Waals surface area contributed by atoms with Crippen LogP contribution < -0.4 is 10.6 Å². The lowest BCUT2D eigenvalue weighted by Crippen LogP contribution is -2.29. The molecule has 2 rings (SSSR count). The summed E-state index contributed by atoms with van der Waals surface area (Å²) in [6, 6.07) is 8.59. The Balaban J connectivity index is 1.82. The van der Waals surface area contributed by atoms with Gasteiger partial charge in [0, 0.05) is 25.2 Å². The van der Waals surface area contributed by atoms with E-state index in [-0.39, 0.29) is 5.91 Å². The van der Waals surface area contributed by atoms with Crippen molar-refractivity contribution in [2.75, 3.05) is 5.32 Å². The minimum atomic E-state index is -0.0325. The van der Waals surface area contributed by atoms with Gasteiger partial charge in [-0.25, -0.2) is 0 Å². The Morgan fingerprint density at radius 3 is 2.67 bits per heavy atom. The van der Waals surface area contributed by atoms with Crippen LogP contribution in [0.3, 0.4) is 0 Å². The molecule has 0 fully saturated rings. The van der Waals surface area contributed by atoms with Gasteiger partial charge in [-0.05, 0) is 37.0 Å². The molecule has 1 aromatic rings. The number of benzene rings is 1. The number of carbonyl (C=O) groups excluding carboxylic acids is 1. The van der Waals surface area contributed by atoms with Gasteiger partial charge in [0.05, 0.1) is 0 Å². The molecule has 1 atom stereocenters. The van der Waals surface area contributed by atoms with Crippen molar-refractivity contribution < 1.29 is 4.79 Å². The Morgan fingerprint density at radius 1 is 1.28 bits per heavy atom. The summed E-state index contributed by atoms with van der Waals surface area (Å²) in [5, 5.41) is 6.33. The molecule has 1 aliphatic rings. The summed E-state index contributed by atoms with van der Waals surface area (Å²) in [7, 11) is 0. The molecule has 0 saturated heterocycles. The average Bonchev–Trinajstić information content (AvgIpc) is 2.38. The van der Waals surface area contributed by atoms with Crippen LogP contribution in [0.5, 0.6) is 0 Å². The standard InChI is InChI=1S/C15H20N2O/c1-12(18)17-15-9-7-13(8-10-15)11-16-14-5-3-2-4-6-14/h2-3,7-10,14,16H,4-6,11H2,1H3,(H,17,18). The van der Waals surface area contributed by atoms with E-state index in [1.807, 2.05) is 12.1 Å². The van der Waals surface area contributed by atoms with Gasteiger partial charge < -0.3 is 10.6 Å². The molecule has 96 valence electrons. The first kappa shape index (κ1) is 12.8. The maximum atomic E-state index is 10.9. The fourth-order valence-corrected chi connectivity index (χ4v) is 2.15. The number of amides is 1. The number of anilines is 1. The summed E-state index contributed by atoms with van der Waals surface area (Å²) in [6.45, 7) is 2.41. The van der Waals surface area contributed by atoms with E-state index >= 15 is 0 Å². The van der Waals surface area contributed by atoms with E-state index in [0.29, 0.717) is 6.04 Å². The molecule has 18 heavy (non-hydrogen) atoms. The van der Waals surface area contributed by atoms with Gasteiger partial charge in [-0.3, -0.25) is 4.79 Å². The molecular weight excluding hydrogens is 224 g/mol. The molecule has 0 aliphatic heterocycles. The van der Waals surface area contributed by atoms with Crippen LogP contribution in [0.4, 0.5) is 5.69 Å². The third kappa shape index (κ3) is 4.00. The van der Waals surface area contributed by atoms with Crippen molar-refractivity contribution in [3.8, 4) is 0 Å². The van der Waals surface area contributed by atoms with E-state index in [1.165, 1.54) is 25.3 Å². The fourth-order valence-electron chi connectivity index (χ4n) is 2.15. The van der Waals surface area contributed by atoms with E-state index in [2.05, 4.69) is 34.9 Å². The van der Waals surface area contributed by atoms with Crippen molar-refractivity contribution >= 4 is 11.6 Å². The lowest BCUT2D eigenvalue weighted by Gasteiger charge is -2.19. The lowest BCUT2D eigenvalue weighted by atomic mass is 10.0. The Bertz CT molecular complexity index is 423. The van der Waals surface area contributed by atoms with Crippen molar-refractivity contribution in [1.82, 2.24) is 5.32 Å². The number of nitrogens with one attached hydrogen (secondary N) is 2. The van der Waals surface area contributed by atoms with Crippen molar-refractivity contribution in [3.63, 3.8) is 0 Å². The zero-order valence-corrected chi connectivity index (χ0v) is 10.8. The van der Waals surface area contributed by atoms with E-state index in [0.717, 1.165) is 18.7 Å². The first-order chi connectivity index (χ1) is 8.74. The fraction of sp³-hybridized carbons (Fsp3) is 0.400. The van der Waals surface area contributed by atoms with Gasteiger partial charge in [0.2, 0.25) is 5.91 Å². The number of hydrogen-bond acceptors (Lipinski definition) is 2. The molecular formula is C15H20N2O. The van der Waals surface area contributed by atoms with Crippen molar-refractivity contribution in [2.45, 2.75) is 38.8 Å². The number of hydrogen-bond donors (Lipinski definition) is 2. The predicted molar refractivity (Wildman–Crippen MR) is 74.4 cm³/mol. The molecule has 1 unspecified atom stereocenters. The van der Waals surface area contributed by atoms with Crippen LogP contribution in [-0.4, -0.2) is 11.9 Å².